The summed E-state index contributed by atoms with van der Waals surface area (Å²) in [6.45, 7) is 4.05. The molecule has 3 N–H and O–H groups in total. The zero-order valence-corrected chi connectivity index (χ0v) is 17.3. The highest BCUT2D eigenvalue weighted by molar-refractivity contribution is 9.10. The minimum atomic E-state index is -0.827. The van der Waals surface area contributed by atoms with Gasteiger partial charge < -0.3 is 10.4 Å². The SMILES string of the molecule is CC(C)CC(NC(c1ccc(Br)cc1)c1nccs1)C(=O)O.CNC#N. The Morgan fingerprint density at radius 3 is 2.42 bits per heavy atom. The number of rotatable bonds is 7. The predicted octanol–water partition coefficient (Wildman–Crippen LogP) is 3.77. The number of aliphatic carboxylic acids is 1. The Kier molecular flexibility index (Phi) is 9.88. The van der Waals surface area contributed by atoms with Crippen molar-refractivity contribution in [3.8, 4) is 6.19 Å². The van der Waals surface area contributed by atoms with E-state index in [1.165, 1.54) is 11.3 Å². The number of aromatic nitrogens is 1. The van der Waals surface area contributed by atoms with Crippen LogP contribution in [0.15, 0.2) is 40.3 Å². The van der Waals surface area contributed by atoms with Gasteiger partial charge in [0.05, 0.1) is 6.04 Å². The number of nitrogens with zero attached hydrogens (tertiary/aromatic N) is 2. The summed E-state index contributed by atoms with van der Waals surface area (Å²) >= 11 is 4.95. The summed E-state index contributed by atoms with van der Waals surface area (Å²) in [5.41, 5.74) is 1.01. The van der Waals surface area contributed by atoms with Gasteiger partial charge in [-0.05, 0) is 30.0 Å². The maximum atomic E-state index is 11.5. The maximum Gasteiger partial charge on any atom is 0.320 e. The van der Waals surface area contributed by atoms with Crippen molar-refractivity contribution in [1.29, 1.82) is 5.26 Å². The molecule has 8 heteroatoms. The maximum absolute atomic E-state index is 11.5. The molecule has 2 rings (SSSR count). The highest BCUT2D eigenvalue weighted by Crippen LogP contribution is 2.26. The van der Waals surface area contributed by atoms with Crippen LogP contribution in [0.1, 0.15) is 36.9 Å². The first-order chi connectivity index (χ1) is 12.4. The molecule has 1 heterocycles. The lowest BCUT2D eigenvalue weighted by Crippen LogP contribution is -2.40. The van der Waals surface area contributed by atoms with Crippen LogP contribution in [-0.4, -0.2) is 29.1 Å². The van der Waals surface area contributed by atoms with Gasteiger partial charge in [0.1, 0.15) is 11.0 Å². The monoisotopic (exact) mass is 438 g/mol. The van der Waals surface area contributed by atoms with Gasteiger partial charge in [-0.1, -0.05) is 41.9 Å². The molecule has 1 aromatic heterocycles. The number of nitriles is 1. The Morgan fingerprint density at radius 2 is 2.00 bits per heavy atom. The molecule has 26 heavy (non-hydrogen) atoms. The molecular weight excluding hydrogens is 416 g/mol. The van der Waals surface area contributed by atoms with E-state index in [9.17, 15) is 9.90 Å². The molecule has 0 saturated carbocycles. The van der Waals surface area contributed by atoms with E-state index < -0.39 is 12.0 Å². The first kappa shape index (κ1) is 22.1. The van der Waals surface area contributed by atoms with Crippen molar-refractivity contribution < 1.29 is 9.90 Å². The number of benzene rings is 1. The van der Waals surface area contributed by atoms with E-state index in [0.717, 1.165) is 15.0 Å². The highest BCUT2D eigenvalue weighted by atomic mass is 79.9. The molecule has 2 atom stereocenters. The molecule has 0 bridgehead atoms. The molecule has 1 aromatic carbocycles. The van der Waals surface area contributed by atoms with Gasteiger partial charge in [-0.3, -0.25) is 10.1 Å². The van der Waals surface area contributed by atoms with Gasteiger partial charge in [0.25, 0.3) is 0 Å². The van der Waals surface area contributed by atoms with Gasteiger partial charge in [-0.2, -0.15) is 5.26 Å². The third-order valence-corrected chi connectivity index (χ3v) is 4.76. The molecule has 0 saturated heterocycles. The van der Waals surface area contributed by atoms with Gasteiger partial charge in [-0.15, -0.1) is 11.3 Å². The average Bonchev–Trinajstić information content (AvgIpc) is 3.13. The van der Waals surface area contributed by atoms with E-state index in [2.05, 4.69) is 31.5 Å². The third-order valence-electron chi connectivity index (χ3n) is 3.39. The molecule has 0 amide bonds. The summed E-state index contributed by atoms with van der Waals surface area (Å²) in [5.74, 6) is -0.525. The number of hydrogen-bond acceptors (Lipinski definition) is 6. The van der Waals surface area contributed by atoms with E-state index in [4.69, 9.17) is 5.26 Å². The van der Waals surface area contributed by atoms with E-state index in [0.29, 0.717) is 12.3 Å². The van der Waals surface area contributed by atoms with Crippen LogP contribution in [0.2, 0.25) is 0 Å². The minimum absolute atomic E-state index is 0.215. The summed E-state index contributed by atoms with van der Waals surface area (Å²) in [7, 11) is 1.57. The number of nitrogens with one attached hydrogen (secondary N) is 2. The Balaban J connectivity index is 0.000000765. The molecule has 0 aliphatic rings. The third kappa shape index (κ3) is 7.52. The first-order valence-electron chi connectivity index (χ1n) is 8.08. The molecule has 0 fully saturated rings. The van der Waals surface area contributed by atoms with Crippen molar-refractivity contribution in [2.75, 3.05) is 7.05 Å². The first-order valence-corrected chi connectivity index (χ1v) is 9.75. The Morgan fingerprint density at radius 1 is 1.38 bits per heavy atom. The van der Waals surface area contributed by atoms with E-state index in [-0.39, 0.29) is 6.04 Å². The summed E-state index contributed by atoms with van der Waals surface area (Å²) in [5, 5.41) is 25.3. The van der Waals surface area contributed by atoms with Gasteiger partial charge in [0.15, 0.2) is 6.19 Å². The molecule has 2 aromatic rings. The smallest absolute Gasteiger partial charge is 0.320 e. The average molecular weight is 439 g/mol. The van der Waals surface area contributed by atoms with Crippen molar-refractivity contribution in [1.82, 2.24) is 15.6 Å². The summed E-state index contributed by atoms with van der Waals surface area (Å²) in [4.78, 5) is 15.9. The van der Waals surface area contributed by atoms with Crippen molar-refractivity contribution in [3.63, 3.8) is 0 Å². The van der Waals surface area contributed by atoms with Gasteiger partial charge >= 0.3 is 5.97 Å². The summed E-state index contributed by atoms with van der Waals surface area (Å²) in [6, 6.07) is 7.06. The number of carboxylic acid groups (broad SMARTS) is 1. The van der Waals surface area contributed by atoms with Crippen molar-refractivity contribution >= 4 is 33.2 Å². The molecule has 140 valence electrons. The zero-order valence-electron chi connectivity index (χ0n) is 14.9. The fourth-order valence-corrected chi connectivity index (χ4v) is 3.24. The molecule has 0 aliphatic carbocycles. The van der Waals surface area contributed by atoms with E-state index in [1.54, 1.807) is 19.4 Å². The summed E-state index contributed by atoms with van der Waals surface area (Å²) < 4.78 is 0.992. The predicted molar refractivity (Wildman–Crippen MR) is 107 cm³/mol. The normalized spacial score (nSPS) is 12.5. The lowest BCUT2D eigenvalue weighted by Gasteiger charge is -2.23. The Bertz CT molecular complexity index is 699. The van der Waals surface area contributed by atoms with Crippen LogP contribution in [0.3, 0.4) is 0 Å². The van der Waals surface area contributed by atoms with Crippen molar-refractivity contribution in [3.05, 3.63) is 50.9 Å². The minimum Gasteiger partial charge on any atom is -0.480 e. The highest BCUT2D eigenvalue weighted by Gasteiger charge is 2.25. The van der Waals surface area contributed by atoms with Crippen LogP contribution >= 0.6 is 27.3 Å². The largest absolute Gasteiger partial charge is 0.480 e. The van der Waals surface area contributed by atoms with Crippen LogP contribution in [0, 0.1) is 17.4 Å². The van der Waals surface area contributed by atoms with Gasteiger partial charge in [0.2, 0.25) is 0 Å². The fraction of sp³-hybridized carbons (Fsp3) is 0.389. The molecule has 0 spiro atoms. The van der Waals surface area contributed by atoms with E-state index >= 15 is 0 Å². The molecule has 2 unspecified atom stereocenters. The second kappa shape index (κ2) is 11.6. The lowest BCUT2D eigenvalue weighted by atomic mass is 10.0. The molecule has 0 radical (unpaired) electrons. The number of halogens is 1. The number of thiazole rings is 1. The van der Waals surface area contributed by atoms with Crippen LogP contribution < -0.4 is 10.6 Å². The van der Waals surface area contributed by atoms with Crippen LogP contribution in [0.4, 0.5) is 0 Å². The zero-order chi connectivity index (χ0) is 19.5. The fourth-order valence-electron chi connectivity index (χ4n) is 2.26. The van der Waals surface area contributed by atoms with Crippen LogP contribution in [0.5, 0.6) is 0 Å². The summed E-state index contributed by atoms with van der Waals surface area (Å²) in [6.07, 6.45) is 4.00. The number of carboxylic acids is 1. The molecular formula is C18H23BrN4O2S. The molecule has 6 nitrogen and oxygen atoms in total. The standard InChI is InChI=1S/C16H19BrN2O2S.C2H4N2/c1-10(2)9-13(16(20)21)19-14(15-18-7-8-22-15)11-3-5-12(17)6-4-11;1-4-2-3/h3-8,10,13-14,19H,9H2,1-2H3,(H,20,21);4H,1H3. The van der Waals surface area contributed by atoms with Crippen molar-refractivity contribution in [2.45, 2.75) is 32.4 Å². The van der Waals surface area contributed by atoms with Crippen LogP contribution in [0.25, 0.3) is 0 Å². The topological polar surface area (TPSA) is 98.0 Å². The van der Waals surface area contributed by atoms with Crippen LogP contribution in [-0.2, 0) is 4.79 Å². The molecule has 0 aliphatic heterocycles. The second-order valence-corrected chi connectivity index (χ2v) is 7.75. The number of carbonyl (C=O) groups is 1. The Hall–Kier alpha value is -1.95. The second-order valence-electron chi connectivity index (χ2n) is 5.90. The van der Waals surface area contributed by atoms with Gasteiger partial charge in [-0.25, -0.2) is 4.98 Å². The van der Waals surface area contributed by atoms with Crippen molar-refractivity contribution in [2.24, 2.45) is 5.92 Å². The Labute approximate surface area is 166 Å². The van der Waals surface area contributed by atoms with Gasteiger partial charge in [0, 0.05) is 23.1 Å². The quantitative estimate of drug-likeness (QED) is 0.449. The lowest BCUT2D eigenvalue weighted by molar-refractivity contribution is -0.140. The number of hydrogen-bond donors (Lipinski definition) is 3. The van der Waals surface area contributed by atoms with E-state index in [1.807, 2.05) is 43.5 Å².